The average Bonchev–Trinajstić information content (AvgIpc) is 3.93. The number of alkyl halides is 2. The quantitative estimate of drug-likeness (QED) is 0.152. The van der Waals surface area contributed by atoms with Gasteiger partial charge in [0.25, 0.3) is 0 Å². The van der Waals surface area contributed by atoms with Crippen LogP contribution in [0, 0.1) is 17.8 Å². The van der Waals surface area contributed by atoms with Crippen LogP contribution in [0.5, 0.6) is 0 Å². The summed E-state index contributed by atoms with van der Waals surface area (Å²) < 4.78 is 80.2. The highest BCUT2D eigenvalue weighted by atomic mass is 19.1. The lowest BCUT2D eigenvalue weighted by molar-refractivity contribution is -0.116. The number of aliphatic hydroxyl groups is 1. The number of methoxy groups -OCH3 is 3. The smallest absolute Gasteiger partial charge is 0.127 e. The molecule has 3 spiro atoms. The van der Waals surface area contributed by atoms with Gasteiger partial charge in [0, 0.05) is 21.3 Å². The summed E-state index contributed by atoms with van der Waals surface area (Å²) in [5.41, 5.74) is 2.52. The average molecular weight is 851 g/mol. The normalized spacial score (nSPS) is 50.0. The highest BCUT2D eigenvalue weighted by Crippen LogP contribution is 2.62. The zero-order chi connectivity index (χ0) is 43.6. The van der Waals surface area contributed by atoms with Crippen LogP contribution in [0.25, 0.3) is 0 Å². The first kappa shape index (κ1) is 46.7. The summed E-state index contributed by atoms with van der Waals surface area (Å²) in [7, 11) is 4.88. The minimum Gasteiger partial charge on any atom is -0.390 e. The Hall–Kier alpha value is -1.32. The monoisotopic (exact) mass is 851 g/mol. The Labute approximate surface area is 358 Å². The first-order chi connectivity index (χ1) is 28.3. The Morgan fingerprint density at radius 3 is 1.08 bits per heavy atom. The SMILES string of the molecule is CO[C@@H]1[C@@H](F)CC[C@]2(CO2)[C@H]1[C@@]1(C)O[C@@H]1CC=C(C)C.CO[C@@H]1[C@@H](F)CC[C@]2(CO2)[C@H]1[C@@]1(C)O[C@@H]1CC=C(C)C.CO[C@@H]1[C@H](O)CC[C@]2(CO2)[C@H]1[C@@]1(C)O[C@@H]1CC=C(C)C. The van der Waals surface area contributed by atoms with E-state index in [9.17, 15) is 13.9 Å². The second-order valence-electron chi connectivity index (χ2n) is 20.7. The summed E-state index contributed by atoms with van der Waals surface area (Å²) in [5, 5.41) is 10.2. The van der Waals surface area contributed by atoms with E-state index in [0.717, 1.165) is 64.8 Å². The van der Waals surface area contributed by atoms with Crippen molar-refractivity contribution in [3.8, 4) is 0 Å². The van der Waals surface area contributed by atoms with E-state index in [1.54, 1.807) is 21.3 Å². The van der Waals surface area contributed by atoms with Crippen molar-refractivity contribution < 1.29 is 56.5 Å². The van der Waals surface area contributed by atoms with Crippen LogP contribution < -0.4 is 0 Å². The number of hydrogen-bond donors (Lipinski definition) is 1. The number of halogens is 2. The van der Waals surface area contributed by atoms with Crippen molar-refractivity contribution in [2.45, 2.75) is 209 Å². The van der Waals surface area contributed by atoms with Crippen molar-refractivity contribution in [2.75, 3.05) is 41.2 Å². The fourth-order valence-corrected chi connectivity index (χ4v) is 11.8. The summed E-state index contributed by atoms with van der Waals surface area (Å²) in [4.78, 5) is 0. The lowest BCUT2D eigenvalue weighted by atomic mass is 9.68. The molecule has 0 aromatic carbocycles. The number of epoxide rings is 6. The lowest BCUT2D eigenvalue weighted by Crippen LogP contribution is -2.54. The van der Waals surface area contributed by atoms with Gasteiger partial charge in [0.1, 0.15) is 29.1 Å². The number of allylic oxidation sites excluding steroid dienone is 3. The summed E-state index contributed by atoms with van der Waals surface area (Å²) in [6.45, 7) is 21.1. The van der Waals surface area contributed by atoms with Gasteiger partial charge in [0.05, 0.1) is 97.1 Å². The third-order valence-electron chi connectivity index (χ3n) is 15.7. The number of rotatable bonds is 12. The molecule has 1 N–H and O–H groups in total. The highest BCUT2D eigenvalue weighted by molar-refractivity contribution is 5.23. The first-order valence-electron chi connectivity index (χ1n) is 22.7. The van der Waals surface area contributed by atoms with Crippen LogP contribution in [-0.2, 0) is 42.6 Å². The Morgan fingerprint density at radius 2 is 0.817 bits per heavy atom. The summed E-state index contributed by atoms with van der Waals surface area (Å²) >= 11 is 0. The van der Waals surface area contributed by atoms with Gasteiger partial charge in [-0.3, -0.25) is 0 Å². The molecular weight excluding hydrogens is 775 g/mol. The standard InChI is InChI=1S/2C16H25FO3.C16H26O4/c3*1-10(2)5-6-12-15(3,20-12)14-13(18-4)11(17)7-8-16(14)9-19-16/h2*5,11-14H,6-9H2,1-4H3;5,11-14,17H,6-9H2,1-4H3/t2*11-,12+,13+,14+,15-,16-;11-,12-,13-,14-,15+,16+/m001/s1. The fraction of sp³-hybridized carbons (Fsp3) is 0.875. The molecule has 0 radical (unpaired) electrons. The summed E-state index contributed by atoms with van der Waals surface area (Å²) in [5.74, 6) is 0.123. The van der Waals surface area contributed by atoms with Gasteiger partial charge in [-0.15, -0.1) is 0 Å². The molecule has 6 aliphatic heterocycles. The van der Waals surface area contributed by atoms with Gasteiger partial charge in [-0.25, -0.2) is 8.78 Å². The van der Waals surface area contributed by atoms with E-state index in [2.05, 4.69) is 80.5 Å². The molecule has 6 heterocycles. The molecule has 9 aliphatic rings. The largest absolute Gasteiger partial charge is 0.390 e. The molecule has 9 rings (SSSR count). The van der Waals surface area contributed by atoms with Crippen LogP contribution >= 0.6 is 0 Å². The van der Waals surface area contributed by atoms with Gasteiger partial charge in [-0.05, 0) is 120 Å². The van der Waals surface area contributed by atoms with E-state index in [4.69, 9.17) is 42.6 Å². The van der Waals surface area contributed by atoms with Crippen molar-refractivity contribution in [1.29, 1.82) is 0 Å². The summed E-state index contributed by atoms with van der Waals surface area (Å²) in [6, 6.07) is 0. The molecule has 3 saturated carbocycles. The van der Waals surface area contributed by atoms with Crippen molar-refractivity contribution in [3.05, 3.63) is 34.9 Å². The predicted octanol–water partition coefficient (Wildman–Crippen LogP) is 8.12. The van der Waals surface area contributed by atoms with E-state index in [-0.39, 0.29) is 75.8 Å². The third kappa shape index (κ3) is 9.01. The maximum absolute atomic E-state index is 14.2. The molecule has 342 valence electrons. The molecule has 0 bridgehead atoms. The van der Waals surface area contributed by atoms with Crippen molar-refractivity contribution in [3.63, 3.8) is 0 Å². The van der Waals surface area contributed by atoms with Crippen LogP contribution in [0.2, 0.25) is 0 Å². The molecular formula is C48H76F2O10. The molecule has 10 nitrogen and oxygen atoms in total. The predicted molar refractivity (Wildman–Crippen MR) is 224 cm³/mol. The minimum absolute atomic E-state index is 0.000637. The molecule has 18 atom stereocenters. The van der Waals surface area contributed by atoms with Crippen molar-refractivity contribution in [2.24, 2.45) is 17.8 Å². The van der Waals surface area contributed by atoms with Gasteiger partial charge in [0.2, 0.25) is 0 Å². The molecule has 3 aliphatic carbocycles. The molecule has 0 aromatic rings. The van der Waals surface area contributed by atoms with Gasteiger partial charge in [-0.2, -0.15) is 0 Å². The van der Waals surface area contributed by atoms with Crippen LogP contribution in [0.4, 0.5) is 8.78 Å². The van der Waals surface area contributed by atoms with Gasteiger partial charge in [-0.1, -0.05) is 34.9 Å². The number of aliphatic hydroxyl groups excluding tert-OH is 1. The minimum atomic E-state index is -0.912. The Balaban J connectivity index is 0.000000136. The zero-order valence-electron chi connectivity index (χ0n) is 38.5. The third-order valence-corrected chi connectivity index (χ3v) is 15.7. The van der Waals surface area contributed by atoms with E-state index >= 15 is 0 Å². The van der Waals surface area contributed by atoms with Gasteiger partial charge in [0.15, 0.2) is 0 Å². The molecule has 9 fully saturated rings. The van der Waals surface area contributed by atoms with Crippen LogP contribution in [0.3, 0.4) is 0 Å². The van der Waals surface area contributed by atoms with E-state index in [1.165, 1.54) is 16.7 Å². The lowest BCUT2D eigenvalue weighted by Gasteiger charge is -2.41. The van der Waals surface area contributed by atoms with Crippen molar-refractivity contribution in [1.82, 2.24) is 0 Å². The van der Waals surface area contributed by atoms with Gasteiger partial charge >= 0.3 is 0 Å². The number of hydrogen-bond acceptors (Lipinski definition) is 10. The van der Waals surface area contributed by atoms with E-state index in [1.807, 2.05) is 0 Å². The van der Waals surface area contributed by atoms with Gasteiger partial charge < -0.3 is 47.7 Å². The number of ether oxygens (including phenoxy) is 9. The second kappa shape index (κ2) is 17.2. The van der Waals surface area contributed by atoms with E-state index in [0.29, 0.717) is 12.8 Å². The maximum Gasteiger partial charge on any atom is 0.127 e. The molecule has 12 heteroatoms. The van der Waals surface area contributed by atoms with Crippen LogP contribution in [0.1, 0.15) is 120 Å². The van der Waals surface area contributed by atoms with Crippen LogP contribution in [0.15, 0.2) is 34.9 Å². The molecule has 60 heavy (non-hydrogen) atoms. The van der Waals surface area contributed by atoms with Crippen molar-refractivity contribution >= 4 is 0 Å². The zero-order valence-corrected chi connectivity index (χ0v) is 38.5. The maximum atomic E-state index is 14.2. The molecule has 6 saturated heterocycles. The summed E-state index contributed by atoms with van der Waals surface area (Å²) in [6.07, 6.45) is 10.9. The van der Waals surface area contributed by atoms with E-state index < -0.39 is 30.7 Å². The Kier molecular flexibility index (Phi) is 13.4. The Bertz CT molecular complexity index is 1430. The molecule has 0 unspecified atom stereocenters. The fourth-order valence-electron chi connectivity index (χ4n) is 11.8. The van der Waals surface area contributed by atoms with Crippen LogP contribution in [-0.4, -0.2) is 135 Å². The molecule has 0 aromatic heterocycles. The molecule has 0 amide bonds. The highest BCUT2D eigenvalue weighted by Gasteiger charge is 2.74. The second-order valence-corrected chi connectivity index (χ2v) is 20.7. The Morgan fingerprint density at radius 1 is 0.533 bits per heavy atom. The first-order valence-corrected chi connectivity index (χ1v) is 22.7. The topological polar surface area (TPSA) is 123 Å².